The third kappa shape index (κ3) is 5.10. The first-order chi connectivity index (χ1) is 13.3. The summed E-state index contributed by atoms with van der Waals surface area (Å²) in [6.07, 6.45) is 0. The second-order valence-electron chi connectivity index (χ2n) is 8.16. The first-order valence-corrected chi connectivity index (χ1v) is 12.7. The summed E-state index contributed by atoms with van der Waals surface area (Å²) in [5.74, 6) is 0.723. The molecular weight excluding hydrogens is 412 g/mol. The Kier molecular flexibility index (Phi) is 7.01. The number of benzene rings is 1. The highest BCUT2D eigenvalue weighted by Crippen LogP contribution is 2.24. The van der Waals surface area contributed by atoms with E-state index in [9.17, 15) is 16.8 Å². The van der Waals surface area contributed by atoms with Crippen molar-refractivity contribution in [1.82, 2.24) is 14.5 Å². The Morgan fingerprint density at radius 2 is 1.86 bits per heavy atom. The minimum atomic E-state index is -3.51. The number of guanidine groups is 1. The largest absolute Gasteiger partial charge is 0.352 e. The Bertz CT molecular complexity index is 952. The van der Waals surface area contributed by atoms with Crippen molar-refractivity contribution >= 4 is 25.8 Å². The van der Waals surface area contributed by atoms with Gasteiger partial charge >= 0.3 is 0 Å². The van der Waals surface area contributed by atoms with Crippen molar-refractivity contribution in [1.29, 1.82) is 0 Å². The van der Waals surface area contributed by atoms with Gasteiger partial charge in [0.25, 0.3) is 0 Å². The first kappa shape index (κ1) is 23.6. The topological polar surface area (TPSA) is 99.2 Å². The third-order valence-corrected chi connectivity index (χ3v) is 9.91. The van der Waals surface area contributed by atoms with Crippen LogP contribution in [0.3, 0.4) is 0 Å². The number of nitrogens with zero attached hydrogens (tertiary/aromatic N) is 3. The zero-order valence-corrected chi connectivity index (χ0v) is 19.6. The van der Waals surface area contributed by atoms with E-state index in [1.165, 1.54) is 4.31 Å². The maximum atomic E-state index is 12.6. The second-order valence-corrected chi connectivity index (χ2v) is 12.9. The van der Waals surface area contributed by atoms with Crippen molar-refractivity contribution in [2.24, 2.45) is 4.99 Å². The predicted molar refractivity (Wildman–Crippen MR) is 116 cm³/mol. The highest BCUT2D eigenvalue weighted by atomic mass is 32.2. The molecule has 0 spiro atoms. The normalized spacial score (nSPS) is 19.6. The van der Waals surface area contributed by atoms with Gasteiger partial charge in [-0.1, -0.05) is 12.1 Å². The van der Waals surface area contributed by atoms with Gasteiger partial charge in [-0.3, -0.25) is 4.99 Å². The minimum Gasteiger partial charge on any atom is -0.352 e. The van der Waals surface area contributed by atoms with Crippen LogP contribution < -0.4 is 5.32 Å². The van der Waals surface area contributed by atoms with E-state index in [0.29, 0.717) is 25.6 Å². The molecule has 1 saturated heterocycles. The molecule has 0 aliphatic carbocycles. The third-order valence-electron chi connectivity index (χ3n) is 5.33. The van der Waals surface area contributed by atoms with Gasteiger partial charge in [0, 0.05) is 39.8 Å². The lowest BCUT2D eigenvalue weighted by atomic mass is 10.2. The molecule has 0 atom stereocenters. The second kappa shape index (κ2) is 8.61. The van der Waals surface area contributed by atoms with E-state index in [2.05, 4.69) is 10.3 Å². The summed E-state index contributed by atoms with van der Waals surface area (Å²) in [4.78, 5) is 6.47. The molecule has 29 heavy (non-hydrogen) atoms. The van der Waals surface area contributed by atoms with Crippen LogP contribution in [0.25, 0.3) is 0 Å². The van der Waals surface area contributed by atoms with Crippen molar-refractivity contribution in [3.8, 4) is 0 Å². The molecule has 0 aromatic heterocycles. The molecule has 1 heterocycles. The van der Waals surface area contributed by atoms with E-state index < -0.39 is 24.6 Å². The van der Waals surface area contributed by atoms with Crippen molar-refractivity contribution in [2.75, 3.05) is 32.9 Å². The van der Waals surface area contributed by atoms with Crippen LogP contribution in [0.1, 0.15) is 33.3 Å². The molecule has 1 aliphatic heterocycles. The fourth-order valence-corrected chi connectivity index (χ4v) is 5.79. The molecule has 0 saturated carbocycles. The smallest absolute Gasteiger partial charge is 0.243 e. The molecule has 0 bridgehead atoms. The highest BCUT2D eigenvalue weighted by molar-refractivity contribution is 7.92. The summed E-state index contributed by atoms with van der Waals surface area (Å²) in [5, 5.41) is 3.24. The molecule has 10 heteroatoms. The van der Waals surface area contributed by atoms with Crippen LogP contribution in [0, 0.1) is 0 Å². The van der Waals surface area contributed by atoms with Crippen LogP contribution in [0.15, 0.2) is 34.2 Å². The van der Waals surface area contributed by atoms with Gasteiger partial charge < -0.3 is 10.2 Å². The van der Waals surface area contributed by atoms with Crippen LogP contribution in [0.5, 0.6) is 0 Å². The molecule has 8 nitrogen and oxygen atoms in total. The van der Waals surface area contributed by atoms with Crippen LogP contribution in [-0.4, -0.2) is 75.7 Å². The van der Waals surface area contributed by atoms with Crippen LogP contribution in [0.2, 0.25) is 0 Å². The fraction of sp³-hybridized carbons (Fsp3) is 0.632. The van der Waals surface area contributed by atoms with Crippen LogP contribution in [-0.2, 0) is 26.4 Å². The van der Waals surface area contributed by atoms with E-state index in [0.717, 1.165) is 5.56 Å². The lowest BCUT2D eigenvalue weighted by Gasteiger charge is -2.39. The lowest BCUT2D eigenvalue weighted by molar-refractivity contribution is 0.353. The highest BCUT2D eigenvalue weighted by Gasteiger charge is 2.40. The molecule has 0 amide bonds. The summed E-state index contributed by atoms with van der Waals surface area (Å²) < 4.78 is 50.0. The van der Waals surface area contributed by atoms with E-state index in [4.69, 9.17) is 0 Å². The molecular formula is C19H32N4O4S2. The zero-order chi connectivity index (χ0) is 22.0. The maximum Gasteiger partial charge on any atom is 0.243 e. The Labute approximate surface area is 175 Å². The number of sulfone groups is 1. The molecule has 1 fully saturated rings. The standard InChI is InChI=1S/C19H32N4O4S2/c1-15(2)22(6)29(26,27)17-9-7-16(8-10-17)13-21-18(20-5)23-11-12-28(24,25)19(3,4)14-23/h7-10,15H,11-14H2,1-6H3,(H,20,21). The van der Waals surface area contributed by atoms with E-state index in [1.807, 2.05) is 18.7 Å². The zero-order valence-electron chi connectivity index (χ0n) is 18.0. The van der Waals surface area contributed by atoms with E-state index in [-0.39, 0.29) is 16.7 Å². The van der Waals surface area contributed by atoms with Crippen molar-refractivity contribution in [3.63, 3.8) is 0 Å². The molecule has 1 aromatic carbocycles. The quantitative estimate of drug-likeness (QED) is 0.543. The lowest BCUT2D eigenvalue weighted by Crippen LogP contribution is -2.57. The van der Waals surface area contributed by atoms with Crippen molar-refractivity contribution in [2.45, 2.75) is 49.9 Å². The monoisotopic (exact) mass is 444 g/mol. The Morgan fingerprint density at radius 1 is 1.28 bits per heavy atom. The van der Waals surface area contributed by atoms with Gasteiger partial charge in [0.15, 0.2) is 15.8 Å². The molecule has 2 rings (SSSR count). The Balaban J connectivity index is 2.06. The van der Waals surface area contributed by atoms with Gasteiger partial charge in [-0.15, -0.1) is 0 Å². The number of nitrogens with one attached hydrogen (secondary N) is 1. The van der Waals surface area contributed by atoms with Crippen LogP contribution >= 0.6 is 0 Å². The van der Waals surface area contributed by atoms with E-state index in [1.54, 1.807) is 52.2 Å². The molecule has 164 valence electrons. The van der Waals surface area contributed by atoms with Gasteiger partial charge in [0.05, 0.1) is 15.4 Å². The molecule has 0 unspecified atom stereocenters. The number of rotatable bonds is 5. The van der Waals surface area contributed by atoms with Crippen molar-refractivity contribution < 1.29 is 16.8 Å². The molecule has 1 aromatic rings. The average molecular weight is 445 g/mol. The number of hydrogen-bond donors (Lipinski definition) is 1. The summed E-state index contributed by atoms with van der Waals surface area (Å²) in [6.45, 7) is 8.34. The van der Waals surface area contributed by atoms with Crippen LogP contribution in [0.4, 0.5) is 0 Å². The summed E-state index contributed by atoms with van der Waals surface area (Å²) in [6, 6.07) is 6.62. The number of aliphatic imine (C=N–C) groups is 1. The van der Waals surface area contributed by atoms with Gasteiger partial charge in [-0.2, -0.15) is 4.31 Å². The van der Waals surface area contributed by atoms with Gasteiger partial charge in [-0.25, -0.2) is 16.8 Å². The molecule has 1 N–H and O–H groups in total. The minimum absolute atomic E-state index is 0.0939. The summed E-state index contributed by atoms with van der Waals surface area (Å²) in [7, 11) is -3.40. The van der Waals surface area contributed by atoms with Gasteiger partial charge in [-0.05, 0) is 45.4 Å². The fourth-order valence-electron chi connectivity index (χ4n) is 3.06. The summed E-state index contributed by atoms with van der Waals surface area (Å²) >= 11 is 0. The van der Waals surface area contributed by atoms with Gasteiger partial charge in [0.1, 0.15) is 0 Å². The van der Waals surface area contributed by atoms with Crippen molar-refractivity contribution in [3.05, 3.63) is 29.8 Å². The van der Waals surface area contributed by atoms with E-state index >= 15 is 0 Å². The predicted octanol–water partition coefficient (Wildman–Crippen LogP) is 1.30. The Hall–Kier alpha value is -1.65. The number of hydrogen-bond acceptors (Lipinski definition) is 5. The first-order valence-electron chi connectivity index (χ1n) is 9.57. The summed E-state index contributed by atoms with van der Waals surface area (Å²) in [5.41, 5.74) is 0.904. The molecule has 0 radical (unpaired) electrons. The SMILES string of the molecule is CN=C(NCc1ccc(S(=O)(=O)N(C)C(C)C)cc1)N1CCS(=O)(=O)C(C)(C)C1. The number of sulfonamides is 1. The maximum absolute atomic E-state index is 12.6. The van der Waals surface area contributed by atoms with Gasteiger partial charge in [0.2, 0.25) is 10.0 Å². The molecule has 1 aliphatic rings. The average Bonchev–Trinajstić information content (AvgIpc) is 2.64. The Morgan fingerprint density at radius 3 is 2.34 bits per heavy atom.